The Labute approximate surface area is 197 Å². The summed E-state index contributed by atoms with van der Waals surface area (Å²) in [7, 11) is 0. The lowest BCUT2D eigenvalue weighted by atomic mass is 9.93. The highest BCUT2D eigenvalue weighted by Gasteiger charge is 2.20. The van der Waals surface area contributed by atoms with E-state index in [1.807, 2.05) is 0 Å². The van der Waals surface area contributed by atoms with Crippen LogP contribution in [-0.2, 0) is 25.9 Å². The van der Waals surface area contributed by atoms with Gasteiger partial charge in [0.05, 0.1) is 0 Å². The average molecular weight is 437 g/mol. The lowest BCUT2D eigenvalue weighted by Crippen LogP contribution is -2.31. The number of nitrogens with zero attached hydrogens (tertiary/aromatic N) is 2. The Balaban J connectivity index is 1.18. The van der Waals surface area contributed by atoms with Crippen molar-refractivity contribution in [2.75, 3.05) is 13.3 Å². The molecule has 3 nitrogen and oxygen atoms in total. The molecule has 0 saturated carbocycles. The maximum atomic E-state index is 6.07. The Morgan fingerprint density at radius 2 is 1.39 bits per heavy atom. The molecule has 0 saturated heterocycles. The van der Waals surface area contributed by atoms with Crippen LogP contribution < -0.4 is 4.74 Å². The van der Waals surface area contributed by atoms with Crippen molar-refractivity contribution in [1.82, 2.24) is 9.80 Å². The number of fused-ring (bicyclic) bond motifs is 2. The van der Waals surface area contributed by atoms with Crippen LogP contribution in [0.2, 0.25) is 0 Å². The molecule has 2 heterocycles. The predicted octanol–water partition coefficient (Wildman–Crippen LogP) is 6.26. The average Bonchev–Trinajstić information content (AvgIpc) is 2.89. The van der Waals surface area contributed by atoms with Gasteiger partial charge in [0.15, 0.2) is 6.73 Å². The van der Waals surface area contributed by atoms with Crippen LogP contribution in [0.3, 0.4) is 0 Å². The van der Waals surface area contributed by atoms with Gasteiger partial charge >= 0.3 is 0 Å². The Morgan fingerprint density at radius 1 is 0.697 bits per heavy atom. The van der Waals surface area contributed by atoms with Crippen LogP contribution in [0, 0.1) is 0 Å². The van der Waals surface area contributed by atoms with Crippen molar-refractivity contribution in [3.8, 4) is 5.75 Å². The molecular formula is C30H32N2O. The minimum Gasteiger partial charge on any atom is -0.473 e. The van der Waals surface area contributed by atoms with Crippen molar-refractivity contribution in [3.63, 3.8) is 0 Å². The van der Waals surface area contributed by atoms with Gasteiger partial charge in [0.2, 0.25) is 0 Å². The zero-order valence-corrected chi connectivity index (χ0v) is 19.3. The number of hydrogen-bond acceptors (Lipinski definition) is 3. The quantitative estimate of drug-likeness (QED) is 0.563. The maximum Gasteiger partial charge on any atom is 0.161 e. The lowest BCUT2D eigenvalue weighted by Gasteiger charge is -2.33. The fraction of sp³-hybridized carbons (Fsp3) is 0.333. The Bertz CT molecular complexity index is 1080. The molecule has 0 N–H and O–H groups in total. The lowest BCUT2D eigenvalue weighted by molar-refractivity contribution is 0.131. The highest BCUT2D eigenvalue weighted by molar-refractivity contribution is 5.43. The second-order valence-electron chi connectivity index (χ2n) is 9.58. The molecule has 0 atom stereocenters. The fourth-order valence-corrected chi connectivity index (χ4v) is 5.42. The zero-order valence-electron chi connectivity index (χ0n) is 19.3. The Kier molecular flexibility index (Phi) is 5.55. The largest absolute Gasteiger partial charge is 0.473 e. The second kappa shape index (κ2) is 8.97. The number of ether oxygens (including phenoxy) is 1. The Hall–Kier alpha value is -3.20. The predicted molar refractivity (Wildman–Crippen MR) is 134 cm³/mol. The summed E-state index contributed by atoms with van der Waals surface area (Å²) in [6.07, 6.45) is 20.5. The van der Waals surface area contributed by atoms with Crippen molar-refractivity contribution >= 4 is 0 Å². The minimum atomic E-state index is 0.634. The van der Waals surface area contributed by atoms with Gasteiger partial charge in [-0.15, -0.1) is 0 Å². The number of allylic oxidation sites excluding steroid dienone is 6. The summed E-state index contributed by atoms with van der Waals surface area (Å²) >= 11 is 0. The van der Waals surface area contributed by atoms with Crippen LogP contribution in [-0.4, -0.2) is 23.1 Å². The summed E-state index contributed by atoms with van der Waals surface area (Å²) in [5.41, 5.74) is 9.74. The van der Waals surface area contributed by atoms with E-state index in [-0.39, 0.29) is 0 Å². The molecule has 3 heteroatoms. The van der Waals surface area contributed by atoms with Crippen molar-refractivity contribution in [3.05, 3.63) is 112 Å². The minimum absolute atomic E-state index is 0.634. The van der Waals surface area contributed by atoms with E-state index < -0.39 is 0 Å². The normalized spacial score (nSPS) is 19.4. The standard InChI is InChI=1S/C30H32N2O/c1-3-7-28(8-4-1)31-16-15-25-13-11-23(18-26(25)20-31)17-24-12-14-30-27(19-24)21-32(22-33-30)29-9-5-2-6-10-29/h3,5,7-14,18-19H,1-2,4,6,15-17,20-22H2. The van der Waals surface area contributed by atoms with Gasteiger partial charge in [-0.25, -0.2) is 0 Å². The molecule has 4 aliphatic rings. The van der Waals surface area contributed by atoms with E-state index in [4.69, 9.17) is 4.74 Å². The zero-order chi connectivity index (χ0) is 22.0. The summed E-state index contributed by atoms with van der Waals surface area (Å²) in [5.74, 6) is 1.03. The van der Waals surface area contributed by atoms with Crippen LogP contribution >= 0.6 is 0 Å². The van der Waals surface area contributed by atoms with E-state index in [2.05, 4.69) is 82.7 Å². The van der Waals surface area contributed by atoms with E-state index in [1.54, 1.807) is 0 Å². The first-order valence-corrected chi connectivity index (χ1v) is 12.4. The van der Waals surface area contributed by atoms with Gasteiger partial charge in [0.25, 0.3) is 0 Å². The second-order valence-corrected chi connectivity index (χ2v) is 9.58. The van der Waals surface area contributed by atoms with E-state index in [0.29, 0.717) is 6.73 Å². The number of benzene rings is 2. The molecule has 0 radical (unpaired) electrons. The smallest absolute Gasteiger partial charge is 0.161 e. The molecule has 0 fully saturated rings. The first kappa shape index (κ1) is 20.4. The van der Waals surface area contributed by atoms with E-state index >= 15 is 0 Å². The molecule has 0 unspecified atom stereocenters. The van der Waals surface area contributed by atoms with Crippen molar-refractivity contribution < 1.29 is 4.74 Å². The van der Waals surface area contributed by atoms with Gasteiger partial charge in [-0.05, 0) is 85.1 Å². The molecule has 2 aromatic carbocycles. The number of rotatable bonds is 4. The summed E-state index contributed by atoms with van der Waals surface area (Å²) in [6.45, 7) is 3.70. The van der Waals surface area contributed by atoms with Crippen LogP contribution in [0.4, 0.5) is 0 Å². The first-order chi connectivity index (χ1) is 16.3. The highest BCUT2D eigenvalue weighted by Crippen LogP contribution is 2.31. The summed E-state index contributed by atoms with van der Waals surface area (Å²) in [5, 5.41) is 0. The fourth-order valence-electron chi connectivity index (χ4n) is 5.42. The monoisotopic (exact) mass is 436 g/mol. The van der Waals surface area contributed by atoms with Crippen LogP contribution in [0.5, 0.6) is 5.75 Å². The van der Waals surface area contributed by atoms with Crippen LogP contribution in [0.25, 0.3) is 0 Å². The van der Waals surface area contributed by atoms with Gasteiger partial charge in [0.1, 0.15) is 5.75 Å². The van der Waals surface area contributed by atoms with Crippen molar-refractivity contribution in [2.45, 2.75) is 51.6 Å². The molecule has 0 amide bonds. The van der Waals surface area contributed by atoms with E-state index in [1.165, 1.54) is 52.1 Å². The van der Waals surface area contributed by atoms with E-state index in [0.717, 1.165) is 51.1 Å². The van der Waals surface area contributed by atoms with Gasteiger partial charge in [-0.2, -0.15) is 0 Å². The molecular weight excluding hydrogens is 404 g/mol. The van der Waals surface area contributed by atoms with Crippen molar-refractivity contribution in [1.29, 1.82) is 0 Å². The molecule has 2 aromatic rings. The van der Waals surface area contributed by atoms with Crippen molar-refractivity contribution in [2.24, 2.45) is 0 Å². The van der Waals surface area contributed by atoms with Gasteiger partial charge in [0, 0.05) is 36.6 Å². The Morgan fingerprint density at radius 3 is 2.15 bits per heavy atom. The first-order valence-electron chi connectivity index (χ1n) is 12.4. The third kappa shape index (κ3) is 4.37. The molecule has 168 valence electrons. The van der Waals surface area contributed by atoms with Gasteiger partial charge < -0.3 is 14.5 Å². The van der Waals surface area contributed by atoms with E-state index in [9.17, 15) is 0 Å². The third-order valence-corrected chi connectivity index (χ3v) is 7.23. The van der Waals surface area contributed by atoms with Crippen LogP contribution in [0.1, 0.15) is 53.5 Å². The van der Waals surface area contributed by atoms with Crippen LogP contribution in [0.15, 0.2) is 84.2 Å². The maximum absolute atomic E-state index is 6.07. The third-order valence-electron chi connectivity index (χ3n) is 7.23. The topological polar surface area (TPSA) is 15.7 Å². The number of hydrogen-bond donors (Lipinski definition) is 0. The molecule has 6 rings (SSSR count). The molecule has 2 aliphatic heterocycles. The molecule has 0 spiro atoms. The van der Waals surface area contributed by atoms with Gasteiger partial charge in [-0.1, -0.05) is 48.6 Å². The van der Waals surface area contributed by atoms with Gasteiger partial charge in [-0.3, -0.25) is 0 Å². The SMILES string of the molecule is C1=CC(N2CCc3ccc(Cc4ccc5c(c4)CN(C4=CCCC=C4)CO5)cc3C2)=CCC1. The molecule has 0 aromatic heterocycles. The summed E-state index contributed by atoms with van der Waals surface area (Å²) < 4.78 is 6.07. The molecule has 2 aliphatic carbocycles. The summed E-state index contributed by atoms with van der Waals surface area (Å²) in [4.78, 5) is 4.88. The molecule has 0 bridgehead atoms. The molecule has 33 heavy (non-hydrogen) atoms. The summed E-state index contributed by atoms with van der Waals surface area (Å²) in [6, 6.07) is 13.9. The highest BCUT2D eigenvalue weighted by atomic mass is 16.5.